The number of aliphatic hydroxyl groups is 1. The largest absolute Gasteiger partial charge is 0.508 e. The van der Waals surface area contributed by atoms with Crippen LogP contribution in [0.1, 0.15) is 6.42 Å². The minimum Gasteiger partial charge on any atom is -0.508 e. The molecule has 2 heterocycles. The van der Waals surface area contributed by atoms with E-state index in [0.717, 1.165) is 55.7 Å². The van der Waals surface area contributed by atoms with E-state index in [1.54, 1.807) is 12.1 Å². The normalized spacial score (nSPS) is 17.1. The van der Waals surface area contributed by atoms with E-state index in [9.17, 15) is 5.11 Å². The molecule has 1 aliphatic rings. The monoisotopic (exact) mass is 287 g/mol. The predicted octanol–water partition coefficient (Wildman–Crippen LogP) is 1.44. The van der Waals surface area contributed by atoms with Gasteiger partial charge in [0.1, 0.15) is 11.6 Å². The number of hydrogen-bond acceptors (Lipinski definition) is 5. The third-order valence-electron chi connectivity index (χ3n) is 4.03. The van der Waals surface area contributed by atoms with Gasteiger partial charge in [0.15, 0.2) is 0 Å². The maximum absolute atomic E-state index is 9.74. The Bertz CT molecular complexity index is 617. The van der Waals surface area contributed by atoms with Crippen molar-refractivity contribution in [2.45, 2.75) is 6.42 Å². The molecule has 0 saturated carbocycles. The molecule has 0 atom stereocenters. The predicted molar refractivity (Wildman–Crippen MR) is 83.8 cm³/mol. The maximum atomic E-state index is 9.74. The second-order valence-electron chi connectivity index (χ2n) is 5.45. The summed E-state index contributed by atoms with van der Waals surface area (Å²) in [5.74, 6) is 1.21. The van der Waals surface area contributed by atoms with Gasteiger partial charge in [0.05, 0.1) is 6.61 Å². The summed E-state index contributed by atoms with van der Waals surface area (Å²) >= 11 is 0. The van der Waals surface area contributed by atoms with Gasteiger partial charge in [0, 0.05) is 37.8 Å². The summed E-state index contributed by atoms with van der Waals surface area (Å²) in [4.78, 5) is 9.09. The van der Waals surface area contributed by atoms with Crippen molar-refractivity contribution in [1.82, 2.24) is 9.88 Å². The summed E-state index contributed by atoms with van der Waals surface area (Å²) in [6.45, 7) is 4.72. The average Bonchev–Trinajstić information content (AvgIpc) is 2.73. The summed E-state index contributed by atoms with van der Waals surface area (Å²) in [7, 11) is 0. The first-order valence-corrected chi connectivity index (χ1v) is 7.44. The number of anilines is 1. The molecule has 112 valence electrons. The highest BCUT2D eigenvalue weighted by molar-refractivity contribution is 5.93. The van der Waals surface area contributed by atoms with Crippen LogP contribution in [0.25, 0.3) is 10.8 Å². The van der Waals surface area contributed by atoms with Crippen LogP contribution in [0.15, 0.2) is 30.5 Å². The Morgan fingerprint density at radius 2 is 2.00 bits per heavy atom. The molecule has 0 amide bonds. The van der Waals surface area contributed by atoms with Gasteiger partial charge in [-0.15, -0.1) is 0 Å². The number of β-amino-alcohol motifs (C(OH)–C–C–N with tert-alkyl or cyclic N) is 1. The lowest BCUT2D eigenvalue weighted by Crippen LogP contribution is -2.32. The van der Waals surface area contributed by atoms with Crippen LogP contribution < -0.4 is 4.90 Å². The van der Waals surface area contributed by atoms with E-state index in [1.807, 2.05) is 18.3 Å². The number of nitrogens with zero attached hydrogens (tertiary/aromatic N) is 3. The lowest BCUT2D eigenvalue weighted by atomic mass is 10.1. The van der Waals surface area contributed by atoms with Gasteiger partial charge in [-0.2, -0.15) is 0 Å². The Labute approximate surface area is 124 Å². The molecule has 21 heavy (non-hydrogen) atoms. The molecule has 2 aromatic rings. The van der Waals surface area contributed by atoms with E-state index in [-0.39, 0.29) is 12.4 Å². The molecule has 1 aromatic heterocycles. The van der Waals surface area contributed by atoms with Gasteiger partial charge in [-0.05, 0) is 36.6 Å². The molecular weight excluding hydrogens is 266 g/mol. The van der Waals surface area contributed by atoms with Crippen molar-refractivity contribution in [1.29, 1.82) is 0 Å². The zero-order chi connectivity index (χ0) is 14.7. The van der Waals surface area contributed by atoms with Crippen LogP contribution in [0.3, 0.4) is 0 Å². The van der Waals surface area contributed by atoms with Crippen LogP contribution in [0.4, 0.5) is 5.82 Å². The van der Waals surface area contributed by atoms with Crippen LogP contribution in [-0.2, 0) is 0 Å². The average molecular weight is 287 g/mol. The lowest BCUT2D eigenvalue weighted by Gasteiger charge is -2.23. The Balaban J connectivity index is 1.88. The number of phenols is 1. The molecule has 0 spiro atoms. The molecule has 2 N–H and O–H groups in total. The van der Waals surface area contributed by atoms with Crippen LogP contribution >= 0.6 is 0 Å². The van der Waals surface area contributed by atoms with Gasteiger partial charge in [-0.25, -0.2) is 4.98 Å². The molecule has 0 radical (unpaired) electrons. The van der Waals surface area contributed by atoms with E-state index in [2.05, 4.69) is 14.8 Å². The zero-order valence-corrected chi connectivity index (χ0v) is 12.1. The third-order valence-corrected chi connectivity index (χ3v) is 4.03. The van der Waals surface area contributed by atoms with Gasteiger partial charge in [0.2, 0.25) is 0 Å². The van der Waals surface area contributed by atoms with Gasteiger partial charge in [-0.1, -0.05) is 6.07 Å². The molecule has 0 bridgehead atoms. The Morgan fingerprint density at radius 3 is 2.86 bits per heavy atom. The van der Waals surface area contributed by atoms with Gasteiger partial charge < -0.3 is 15.1 Å². The topological polar surface area (TPSA) is 59.8 Å². The minimum absolute atomic E-state index is 0.209. The summed E-state index contributed by atoms with van der Waals surface area (Å²) in [5.41, 5.74) is 0. The molecule has 0 unspecified atom stereocenters. The van der Waals surface area contributed by atoms with E-state index in [0.29, 0.717) is 0 Å². The SMILES string of the molecule is OCCN1CCCN(c2nccc3ccc(O)cc23)CC1. The lowest BCUT2D eigenvalue weighted by molar-refractivity contribution is 0.204. The van der Waals surface area contributed by atoms with Crippen molar-refractivity contribution >= 4 is 16.6 Å². The maximum Gasteiger partial charge on any atom is 0.136 e. The van der Waals surface area contributed by atoms with Crippen LogP contribution in [0.2, 0.25) is 0 Å². The fourth-order valence-corrected chi connectivity index (χ4v) is 2.94. The highest BCUT2D eigenvalue weighted by atomic mass is 16.3. The molecule has 1 fully saturated rings. The van der Waals surface area contributed by atoms with Crippen molar-refractivity contribution in [3.63, 3.8) is 0 Å². The number of aromatic hydroxyl groups is 1. The number of benzene rings is 1. The smallest absolute Gasteiger partial charge is 0.136 e. The standard InChI is InChI=1S/C16H21N3O2/c20-11-10-18-6-1-7-19(9-8-18)16-15-12-14(21)3-2-13(15)4-5-17-16/h2-5,12,20-21H,1,6-11H2. The van der Waals surface area contributed by atoms with Crippen molar-refractivity contribution in [2.75, 3.05) is 44.2 Å². The Morgan fingerprint density at radius 1 is 1.10 bits per heavy atom. The first-order valence-electron chi connectivity index (χ1n) is 7.44. The van der Waals surface area contributed by atoms with Crippen molar-refractivity contribution in [2.24, 2.45) is 0 Å². The summed E-state index contributed by atoms with van der Waals surface area (Å²) in [6.07, 6.45) is 2.88. The molecule has 1 aromatic carbocycles. The van der Waals surface area contributed by atoms with E-state index in [4.69, 9.17) is 5.11 Å². The summed E-state index contributed by atoms with van der Waals surface area (Å²) in [6, 6.07) is 7.38. The molecule has 1 saturated heterocycles. The first kappa shape index (κ1) is 14.1. The fraction of sp³-hybridized carbons (Fsp3) is 0.438. The number of aromatic nitrogens is 1. The molecule has 5 heteroatoms. The van der Waals surface area contributed by atoms with Crippen LogP contribution in [0, 0.1) is 0 Å². The highest BCUT2D eigenvalue weighted by Crippen LogP contribution is 2.28. The molecule has 3 rings (SSSR count). The molecule has 5 nitrogen and oxygen atoms in total. The first-order chi connectivity index (χ1) is 10.3. The second kappa shape index (κ2) is 6.28. The molecule has 0 aliphatic carbocycles. The molecular formula is C16H21N3O2. The van der Waals surface area contributed by atoms with Gasteiger partial charge in [-0.3, -0.25) is 4.90 Å². The van der Waals surface area contributed by atoms with E-state index < -0.39 is 0 Å². The number of pyridine rings is 1. The molecule has 1 aliphatic heterocycles. The number of rotatable bonds is 3. The summed E-state index contributed by atoms with van der Waals surface area (Å²) < 4.78 is 0. The van der Waals surface area contributed by atoms with Crippen molar-refractivity contribution in [3.05, 3.63) is 30.5 Å². The zero-order valence-electron chi connectivity index (χ0n) is 12.1. The van der Waals surface area contributed by atoms with Crippen molar-refractivity contribution in [3.8, 4) is 5.75 Å². The number of phenolic OH excluding ortho intramolecular Hbond substituents is 1. The highest BCUT2D eigenvalue weighted by Gasteiger charge is 2.17. The number of fused-ring (bicyclic) bond motifs is 1. The number of aliphatic hydroxyl groups excluding tert-OH is 1. The van der Waals surface area contributed by atoms with E-state index >= 15 is 0 Å². The van der Waals surface area contributed by atoms with E-state index in [1.165, 1.54) is 0 Å². The van der Waals surface area contributed by atoms with Crippen LogP contribution in [0.5, 0.6) is 5.75 Å². The van der Waals surface area contributed by atoms with Gasteiger partial charge in [0.25, 0.3) is 0 Å². The third kappa shape index (κ3) is 3.09. The summed E-state index contributed by atoms with van der Waals surface area (Å²) in [5, 5.41) is 20.9. The Kier molecular flexibility index (Phi) is 4.22. The Hall–Kier alpha value is -1.85. The minimum atomic E-state index is 0.209. The van der Waals surface area contributed by atoms with Crippen molar-refractivity contribution < 1.29 is 10.2 Å². The van der Waals surface area contributed by atoms with Crippen LogP contribution in [-0.4, -0.2) is 59.4 Å². The quantitative estimate of drug-likeness (QED) is 0.894. The number of hydrogen-bond donors (Lipinski definition) is 2. The fourth-order valence-electron chi connectivity index (χ4n) is 2.94. The second-order valence-corrected chi connectivity index (χ2v) is 5.45. The van der Waals surface area contributed by atoms with Gasteiger partial charge >= 0.3 is 0 Å².